The Hall–Kier alpha value is -1.28. The molecule has 1 aromatic heterocycles. The minimum absolute atomic E-state index is 0.00383. The Labute approximate surface area is 153 Å². The maximum Gasteiger partial charge on any atom is 0.279 e. The molecule has 9 heteroatoms. The SMILES string of the molecule is CCCCCCNC(=O)SCCNc1nc(Cl)nc(NC(C)C)n1. The molecule has 0 aliphatic heterocycles. The number of amides is 1. The van der Waals surface area contributed by atoms with Gasteiger partial charge in [-0.25, -0.2) is 0 Å². The van der Waals surface area contributed by atoms with E-state index in [4.69, 9.17) is 11.6 Å². The standard InChI is InChI=1S/C15H27ClN6OS/c1-4-5-6-7-8-18-15(23)24-10-9-17-13-20-12(16)21-14(22-13)19-11(2)3/h11H,4-10H2,1-3H3,(H,18,23)(H2,17,19,20,21,22). The zero-order valence-corrected chi connectivity index (χ0v) is 16.1. The van der Waals surface area contributed by atoms with Gasteiger partial charge in [0.05, 0.1) is 0 Å². The van der Waals surface area contributed by atoms with Crippen molar-refractivity contribution in [2.45, 2.75) is 52.5 Å². The molecule has 0 unspecified atom stereocenters. The van der Waals surface area contributed by atoms with Gasteiger partial charge in [0.2, 0.25) is 17.2 Å². The number of nitrogens with zero attached hydrogens (tertiary/aromatic N) is 3. The van der Waals surface area contributed by atoms with Gasteiger partial charge in [-0.1, -0.05) is 37.9 Å². The number of halogens is 1. The molecule has 0 aliphatic carbocycles. The number of thioether (sulfide) groups is 1. The fourth-order valence-electron chi connectivity index (χ4n) is 1.85. The molecule has 0 saturated heterocycles. The van der Waals surface area contributed by atoms with E-state index < -0.39 is 0 Å². The number of hydrogen-bond donors (Lipinski definition) is 3. The van der Waals surface area contributed by atoms with Crippen molar-refractivity contribution >= 4 is 40.5 Å². The van der Waals surface area contributed by atoms with Gasteiger partial charge in [-0.15, -0.1) is 0 Å². The Bertz CT molecular complexity index is 503. The Morgan fingerprint density at radius 3 is 2.58 bits per heavy atom. The number of nitrogens with one attached hydrogen (secondary N) is 3. The lowest BCUT2D eigenvalue weighted by atomic mass is 10.2. The van der Waals surface area contributed by atoms with Gasteiger partial charge in [-0.2, -0.15) is 15.0 Å². The largest absolute Gasteiger partial charge is 0.353 e. The molecule has 1 aromatic rings. The van der Waals surface area contributed by atoms with Crippen LogP contribution in [0.3, 0.4) is 0 Å². The molecule has 0 fully saturated rings. The summed E-state index contributed by atoms with van der Waals surface area (Å²) in [5.74, 6) is 1.46. The van der Waals surface area contributed by atoms with Gasteiger partial charge in [0.15, 0.2) is 0 Å². The number of unbranched alkanes of at least 4 members (excludes halogenated alkanes) is 3. The highest BCUT2D eigenvalue weighted by Crippen LogP contribution is 2.11. The Morgan fingerprint density at radius 1 is 1.12 bits per heavy atom. The van der Waals surface area contributed by atoms with Crippen LogP contribution in [-0.4, -0.2) is 45.1 Å². The number of hydrogen-bond acceptors (Lipinski definition) is 7. The average Bonchev–Trinajstić information content (AvgIpc) is 2.50. The van der Waals surface area contributed by atoms with E-state index in [1.807, 2.05) is 13.8 Å². The van der Waals surface area contributed by atoms with Gasteiger partial charge in [-0.05, 0) is 31.9 Å². The van der Waals surface area contributed by atoms with Crippen molar-refractivity contribution in [3.63, 3.8) is 0 Å². The Morgan fingerprint density at radius 2 is 1.88 bits per heavy atom. The molecule has 0 aromatic carbocycles. The number of aromatic nitrogens is 3. The van der Waals surface area contributed by atoms with Crippen LogP contribution >= 0.6 is 23.4 Å². The first-order valence-electron chi connectivity index (χ1n) is 8.34. The van der Waals surface area contributed by atoms with Crippen LogP contribution in [0.25, 0.3) is 0 Å². The molecule has 1 amide bonds. The maximum atomic E-state index is 11.7. The summed E-state index contributed by atoms with van der Waals surface area (Å²) in [5, 5.41) is 9.17. The predicted octanol–water partition coefficient (Wildman–Crippen LogP) is 3.78. The van der Waals surface area contributed by atoms with Crippen molar-refractivity contribution in [3.05, 3.63) is 5.28 Å². The van der Waals surface area contributed by atoms with Gasteiger partial charge < -0.3 is 16.0 Å². The van der Waals surface area contributed by atoms with E-state index in [1.165, 1.54) is 24.6 Å². The molecule has 0 atom stereocenters. The van der Waals surface area contributed by atoms with Crippen molar-refractivity contribution in [1.29, 1.82) is 0 Å². The van der Waals surface area contributed by atoms with Crippen LogP contribution in [0.4, 0.5) is 16.7 Å². The number of rotatable bonds is 11. The maximum absolute atomic E-state index is 11.7. The number of carbonyl (C=O) groups excluding carboxylic acids is 1. The molecular formula is C15H27ClN6OS. The van der Waals surface area contributed by atoms with Gasteiger partial charge in [0.1, 0.15) is 0 Å². The smallest absolute Gasteiger partial charge is 0.279 e. The summed E-state index contributed by atoms with van der Waals surface area (Å²) >= 11 is 7.12. The molecule has 136 valence electrons. The highest BCUT2D eigenvalue weighted by Gasteiger charge is 2.06. The normalized spacial score (nSPS) is 10.7. The fraction of sp³-hybridized carbons (Fsp3) is 0.733. The summed E-state index contributed by atoms with van der Waals surface area (Å²) in [6, 6.07) is 0.202. The van der Waals surface area contributed by atoms with Crippen molar-refractivity contribution in [2.24, 2.45) is 0 Å². The van der Waals surface area contributed by atoms with Crippen LogP contribution in [0.15, 0.2) is 0 Å². The van der Waals surface area contributed by atoms with E-state index in [-0.39, 0.29) is 16.6 Å². The van der Waals surface area contributed by atoms with E-state index in [0.29, 0.717) is 24.2 Å². The minimum atomic E-state index is 0.00383. The van der Waals surface area contributed by atoms with E-state index in [0.717, 1.165) is 19.4 Å². The fourth-order valence-corrected chi connectivity index (χ4v) is 2.61. The number of anilines is 2. The van der Waals surface area contributed by atoms with Crippen LogP contribution < -0.4 is 16.0 Å². The Balaban J connectivity index is 2.22. The van der Waals surface area contributed by atoms with Crippen LogP contribution in [-0.2, 0) is 0 Å². The molecule has 1 rings (SSSR count). The predicted molar refractivity (Wildman–Crippen MR) is 102 cm³/mol. The molecule has 7 nitrogen and oxygen atoms in total. The van der Waals surface area contributed by atoms with E-state index in [1.54, 1.807) is 0 Å². The summed E-state index contributed by atoms with van der Waals surface area (Å²) < 4.78 is 0. The quantitative estimate of drug-likeness (QED) is 0.507. The lowest BCUT2D eigenvalue weighted by Crippen LogP contribution is -2.21. The molecule has 0 spiro atoms. The number of carbonyl (C=O) groups is 1. The first-order chi connectivity index (χ1) is 11.5. The third-order valence-corrected chi connectivity index (χ3v) is 3.93. The molecule has 0 saturated carbocycles. The monoisotopic (exact) mass is 374 g/mol. The van der Waals surface area contributed by atoms with Crippen molar-refractivity contribution < 1.29 is 4.79 Å². The van der Waals surface area contributed by atoms with Crippen LogP contribution in [0, 0.1) is 0 Å². The summed E-state index contributed by atoms with van der Waals surface area (Å²) in [4.78, 5) is 23.9. The Kier molecular flexibility index (Phi) is 10.5. The van der Waals surface area contributed by atoms with Gasteiger partial charge >= 0.3 is 0 Å². The van der Waals surface area contributed by atoms with Crippen LogP contribution in [0.2, 0.25) is 5.28 Å². The second-order valence-corrected chi connectivity index (χ2v) is 7.01. The topological polar surface area (TPSA) is 91.8 Å². The molecule has 24 heavy (non-hydrogen) atoms. The van der Waals surface area contributed by atoms with Crippen molar-refractivity contribution in [3.8, 4) is 0 Å². The molecule has 0 aliphatic rings. The molecule has 0 radical (unpaired) electrons. The third-order valence-electron chi connectivity index (χ3n) is 2.94. The second kappa shape index (κ2) is 12.1. The summed E-state index contributed by atoms with van der Waals surface area (Å²) in [7, 11) is 0. The first-order valence-corrected chi connectivity index (χ1v) is 9.70. The molecule has 1 heterocycles. The van der Waals surface area contributed by atoms with Crippen molar-refractivity contribution in [1.82, 2.24) is 20.3 Å². The van der Waals surface area contributed by atoms with E-state index in [2.05, 4.69) is 37.8 Å². The van der Waals surface area contributed by atoms with E-state index in [9.17, 15) is 4.79 Å². The highest BCUT2D eigenvalue weighted by atomic mass is 35.5. The van der Waals surface area contributed by atoms with Gasteiger partial charge in [-0.3, -0.25) is 4.79 Å². The first kappa shape index (κ1) is 20.8. The lowest BCUT2D eigenvalue weighted by Gasteiger charge is -2.10. The highest BCUT2D eigenvalue weighted by molar-refractivity contribution is 8.13. The van der Waals surface area contributed by atoms with Gasteiger partial charge in [0, 0.05) is 24.9 Å². The summed E-state index contributed by atoms with van der Waals surface area (Å²) in [6.45, 7) is 7.45. The van der Waals surface area contributed by atoms with Gasteiger partial charge in [0.25, 0.3) is 5.24 Å². The summed E-state index contributed by atoms with van der Waals surface area (Å²) in [6.07, 6.45) is 4.61. The molecule has 0 bridgehead atoms. The van der Waals surface area contributed by atoms with Crippen LogP contribution in [0.1, 0.15) is 46.5 Å². The van der Waals surface area contributed by atoms with Crippen molar-refractivity contribution in [2.75, 3.05) is 29.5 Å². The van der Waals surface area contributed by atoms with Crippen LogP contribution in [0.5, 0.6) is 0 Å². The average molecular weight is 375 g/mol. The summed E-state index contributed by atoms with van der Waals surface area (Å²) in [5.41, 5.74) is 0. The third kappa shape index (κ3) is 9.77. The zero-order chi connectivity index (χ0) is 17.8. The zero-order valence-electron chi connectivity index (χ0n) is 14.6. The lowest BCUT2D eigenvalue weighted by molar-refractivity contribution is 0.260. The molecule has 3 N–H and O–H groups in total. The minimum Gasteiger partial charge on any atom is -0.353 e. The van der Waals surface area contributed by atoms with E-state index >= 15 is 0 Å². The second-order valence-electron chi connectivity index (χ2n) is 5.60. The molecular weight excluding hydrogens is 348 g/mol.